The van der Waals surface area contributed by atoms with Crippen LogP contribution < -0.4 is 0 Å². The molecule has 2 aromatic carbocycles. The van der Waals surface area contributed by atoms with E-state index in [4.69, 9.17) is 21.4 Å². The van der Waals surface area contributed by atoms with Crippen LogP contribution in [0, 0.1) is 0 Å². The third kappa shape index (κ3) is 4.51. The number of hydrogen-bond acceptors (Lipinski definition) is 4. The van der Waals surface area contributed by atoms with E-state index in [1.54, 1.807) is 9.58 Å². The molecule has 3 aromatic rings. The summed E-state index contributed by atoms with van der Waals surface area (Å²) in [7, 11) is 0. The molecule has 0 radical (unpaired) electrons. The Morgan fingerprint density at radius 3 is 2.30 bits per heavy atom. The fourth-order valence-electron chi connectivity index (χ4n) is 4.33. The lowest BCUT2D eigenvalue weighted by Crippen LogP contribution is -2.53. The lowest BCUT2D eigenvalue weighted by atomic mass is 10.1. The molecular weight excluding hydrogens is 440 g/mol. The lowest BCUT2D eigenvalue weighted by Gasteiger charge is -2.35. The molecule has 2 fully saturated rings. The normalized spacial score (nSPS) is 18.5. The zero-order valence-corrected chi connectivity index (χ0v) is 18.9. The van der Waals surface area contributed by atoms with Crippen molar-refractivity contribution in [2.75, 3.05) is 32.8 Å². The highest BCUT2D eigenvalue weighted by Gasteiger charge is 2.32. The van der Waals surface area contributed by atoms with Gasteiger partial charge in [-0.2, -0.15) is 5.10 Å². The monoisotopic (exact) mass is 464 g/mol. The summed E-state index contributed by atoms with van der Waals surface area (Å²) in [5.41, 5.74) is 2.89. The minimum atomic E-state index is -0.325. The Balaban J connectivity index is 1.38. The van der Waals surface area contributed by atoms with Gasteiger partial charge in [0.25, 0.3) is 11.8 Å². The van der Waals surface area contributed by atoms with Crippen molar-refractivity contribution in [3.8, 4) is 16.9 Å². The van der Waals surface area contributed by atoms with Crippen molar-refractivity contribution >= 4 is 23.4 Å². The Bertz CT molecular complexity index is 1130. The third-order valence-electron chi connectivity index (χ3n) is 6.15. The van der Waals surface area contributed by atoms with Gasteiger partial charge in [0.1, 0.15) is 11.8 Å². The van der Waals surface area contributed by atoms with Crippen molar-refractivity contribution in [2.24, 2.45) is 0 Å². The number of carbonyl (C=O) groups is 2. The number of ether oxygens (including phenoxy) is 1. The summed E-state index contributed by atoms with van der Waals surface area (Å²) in [6, 6.07) is 18.8. The van der Waals surface area contributed by atoms with Crippen LogP contribution in [0.4, 0.5) is 0 Å². The summed E-state index contributed by atoms with van der Waals surface area (Å²) < 4.78 is 7.23. The molecular formula is C25H25ClN4O3. The van der Waals surface area contributed by atoms with E-state index in [2.05, 4.69) is 0 Å². The summed E-state index contributed by atoms with van der Waals surface area (Å²) in [6.07, 6.45) is 1.38. The van der Waals surface area contributed by atoms with E-state index >= 15 is 0 Å². The third-order valence-corrected chi connectivity index (χ3v) is 6.40. The van der Waals surface area contributed by atoms with Crippen molar-refractivity contribution in [1.82, 2.24) is 19.6 Å². The molecule has 2 aliphatic rings. The summed E-state index contributed by atoms with van der Waals surface area (Å²) in [5.74, 6) is -0.0604. The second kappa shape index (κ2) is 9.37. The Kier molecular flexibility index (Phi) is 6.15. The van der Waals surface area contributed by atoms with E-state index in [-0.39, 0.29) is 17.9 Å². The summed E-state index contributed by atoms with van der Waals surface area (Å²) in [4.78, 5) is 29.8. The zero-order chi connectivity index (χ0) is 22.8. The first-order valence-electron chi connectivity index (χ1n) is 11.2. The number of hydrogen-bond donors (Lipinski definition) is 0. The van der Waals surface area contributed by atoms with Gasteiger partial charge >= 0.3 is 0 Å². The van der Waals surface area contributed by atoms with Crippen LogP contribution in [0.5, 0.6) is 0 Å². The highest BCUT2D eigenvalue weighted by atomic mass is 35.5. The molecule has 7 nitrogen and oxygen atoms in total. The van der Waals surface area contributed by atoms with Gasteiger partial charge in [0.15, 0.2) is 0 Å². The molecule has 1 aromatic heterocycles. The number of carbonyl (C=O) groups excluding carboxylic acids is 2. The quantitative estimate of drug-likeness (QED) is 0.591. The first-order chi connectivity index (χ1) is 16.1. The average molecular weight is 465 g/mol. The number of benzene rings is 2. The van der Waals surface area contributed by atoms with Crippen LogP contribution in [0.25, 0.3) is 16.9 Å². The van der Waals surface area contributed by atoms with Gasteiger partial charge in [-0.05, 0) is 43.2 Å². The summed E-state index contributed by atoms with van der Waals surface area (Å²) >= 11 is 6.04. The average Bonchev–Trinajstić information content (AvgIpc) is 3.55. The van der Waals surface area contributed by atoms with Gasteiger partial charge in [-0.3, -0.25) is 9.59 Å². The van der Waals surface area contributed by atoms with E-state index in [0.29, 0.717) is 49.2 Å². The molecule has 2 amide bonds. The van der Waals surface area contributed by atoms with E-state index in [9.17, 15) is 9.59 Å². The number of amides is 2. The Labute approximate surface area is 197 Å². The number of para-hydroxylation sites is 1. The largest absolute Gasteiger partial charge is 0.368 e. The van der Waals surface area contributed by atoms with E-state index in [0.717, 1.165) is 24.1 Å². The maximum atomic E-state index is 13.5. The van der Waals surface area contributed by atoms with Gasteiger partial charge in [0.2, 0.25) is 0 Å². The minimum absolute atomic E-state index is 0.0407. The standard InChI is InChI=1S/C25H25ClN4O3/c26-19-10-8-18(9-11-19)21-17-22(30(27-21)20-5-2-1-3-6-20)24(31)28-12-14-29(15-13-28)25(32)23-7-4-16-33-23/h1-3,5-6,8-11,17,23H,4,7,12-16H2. The van der Waals surface area contributed by atoms with Crippen LogP contribution >= 0.6 is 11.6 Å². The van der Waals surface area contributed by atoms with Gasteiger partial charge in [0, 0.05) is 43.4 Å². The first-order valence-corrected chi connectivity index (χ1v) is 11.6. The van der Waals surface area contributed by atoms with Gasteiger partial charge in [0.05, 0.1) is 11.4 Å². The van der Waals surface area contributed by atoms with E-state index in [1.807, 2.05) is 65.6 Å². The highest BCUT2D eigenvalue weighted by molar-refractivity contribution is 6.30. The molecule has 33 heavy (non-hydrogen) atoms. The van der Waals surface area contributed by atoms with Crippen LogP contribution in [-0.4, -0.2) is 70.3 Å². The maximum absolute atomic E-state index is 13.5. The van der Waals surface area contributed by atoms with Crippen LogP contribution in [-0.2, 0) is 9.53 Å². The minimum Gasteiger partial charge on any atom is -0.368 e. The Morgan fingerprint density at radius 2 is 1.64 bits per heavy atom. The molecule has 8 heteroatoms. The van der Waals surface area contributed by atoms with Crippen LogP contribution in [0.1, 0.15) is 23.3 Å². The number of halogens is 1. The van der Waals surface area contributed by atoms with Crippen LogP contribution in [0.3, 0.4) is 0 Å². The van der Waals surface area contributed by atoms with Crippen LogP contribution in [0.2, 0.25) is 5.02 Å². The van der Waals surface area contributed by atoms with Crippen molar-refractivity contribution in [3.63, 3.8) is 0 Å². The molecule has 5 rings (SSSR count). The molecule has 170 valence electrons. The van der Waals surface area contributed by atoms with Gasteiger partial charge < -0.3 is 14.5 Å². The SMILES string of the molecule is O=C(c1cc(-c2ccc(Cl)cc2)nn1-c1ccccc1)N1CCN(C(=O)C2CCCO2)CC1. The Morgan fingerprint density at radius 1 is 0.939 bits per heavy atom. The molecule has 2 aliphatic heterocycles. The highest BCUT2D eigenvalue weighted by Crippen LogP contribution is 2.25. The van der Waals surface area contributed by atoms with Crippen molar-refractivity contribution in [2.45, 2.75) is 18.9 Å². The van der Waals surface area contributed by atoms with Gasteiger partial charge in [-0.25, -0.2) is 4.68 Å². The van der Waals surface area contributed by atoms with Crippen molar-refractivity contribution in [3.05, 3.63) is 71.4 Å². The predicted molar refractivity (Wildman–Crippen MR) is 125 cm³/mol. The van der Waals surface area contributed by atoms with E-state index < -0.39 is 0 Å². The molecule has 0 spiro atoms. The number of rotatable bonds is 4. The number of piperazine rings is 1. The molecule has 1 atom stereocenters. The predicted octanol–water partition coefficient (Wildman–Crippen LogP) is 3.66. The molecule has 0 bridgehead atoms. The van der Waals surface area contributed by atoms with Crippen molar-refractivity contribution < 1.29 is 14.3 Å². The fraction of sp³-hybridized carbons (Fsp3) is 0.320. The number of nitrogens with zero attached hydrogens (tertiary/aromatic N) is 4. The fourth-order valence-corrected chi connectivity index (χ4v) is 4.46. The topological polar surface area (TPSA) is 67.7 Å². The smallest absolute Gasteiger partial charge is 0.272 e. The van der Waals surface area contributed by atoms with E-state index in [1.165, 1.54) is 0 Å². The first kappa shape index (κ1) is 21.7. The molecule has 3 heterocycles. The van der Waals surface area contributed by atoms with Crippen molar-refractivity contribution in [1.29, 1.82) is 0 Å². The summed E-state index contributed by atoms with van der Waals surface area (Å²) in [5, 5.41) is 5.38. The lowest BCUT2D eigenvalue weighted by molar-refractivity contribution is -0.142. The van der Waals surface area contributed by atoms with Gasteiger partial charge in [-0.15, -0.1) is 0 Å². The van der Waals surface area contributed by atoms with Crippen LogP contribution in [0.15, 0.2) is 60.7 Å². The maximum Gasteiger partial charge on any atom is 0.272 e. The van der Waals surface area contributed by atoms with Gasteiger partial charge in [-0.1, -0.05) is 41.9 Å². The molecule has 0 saturated carbocycles. The molecule has 0 aliphatic carbocycles. The molecule has 1 unspecified atom stereocenters. The second-order valence-electron chi connectivity index (χ2n) is 8.29. The Hall–Kier alpha value is -3.16. The molecule has 2 saturated heterocycles. The second-order valence-corrected chi connectivity index (χ2v) is 8.72. The zero-order valence-electron chi connectivity index (χ0n) is 18.2. The number of aromatic nitrogens is 2. The molecule has 0 N–H and O–H groups in total. The summed E-state index contributed by atoms with van der Waals surface area (Å²) in [6.45, 7) is 2.62.